The van der Waals surface area contributed by atoms with Crippen LogP contribution in [-0.4, -0.2) is 9.61 Å². The number of hydrogen-bond acceptors (Lipinski definition) is 2. The van der Waals surface area contributed by atoms with E-state index < -0.39 is 0 Å². The molecule has 0 amide bonds. The van der Waals surface area contributed by atoms with E-state index in [1.165, 1.54) is 73.8 Å². The zero-order chi connectivity index (χ0) is 34.3. The number of aryl methyl sites for hydroxylation is 1. The second kappa shape index (κ2) is 11.3. The van der Waals surface area contributed by atoms with Crippen LogP contribution in [0.15, 0.2) is 152 Å². The van der Waals surface area contributed by atoms with Crippen molar-refractivity contribution in [3.05, 3.63) is 174 Å². The first-order valence-electron chi connectivity index (χ1n) is 18.2. The van der Waals surface area contributed by atoms with Gasteiger partial charge in [0.15, 0.2) is 0 Å². The molecule has 0 bridgehead atoms. The highest BCUT2D eigenvalue weighted by atomic mass is 15.2. The van der Waals surface area contributed by atoms with Crippen LogP contribution in [0.3, 0.4) is 0 Å². The Hall–Kier alpha value is -5.93. The lowest BCUT2D eigenvalue weighted by Crippen LogP contribution is -2.16. The molecule has 1 saturated carbocycles. The Labute approximate surface area is 299 Å². The largest absolute Gasteiger partial charge is 0.310 e. The molecule has 0 atom stereocenters. The maximum Gasteiger partial charge on any atom is 0.0963 e. The van der Waals surface area contributed by atoms with E-state index in [1.807, 2.05) is 0 Å². The molecule has 1 fully saturated rings. The van der Waals surface area contributed by atoms with E-state index in [1.54, 1.807) is 0 Å². The molecule has 0 aliphatic heterocycles. The smallest absolute Gasteiger partial charge is 0.0963 e. The second-order valence-electron chi connectivity index (χ2n) is 14.9. The highest BCUT2D eigenvalue weighted by Gasteiger charge is 2.36. The second-order valence-corrected chi connectivity index (χ2v) is 14.9. The number of fused-ring (bicyclic) bond motifs is 6. The molecule has 3 nitrogen and oxygen atoms in total. The lowest BCUT2D eigenvalue weighted by Gasteiger charge is -2.28. The summed E-state index contributed by atoms with van der Waals surface area (Å²) in [5.41, 5.74) is 17.1. The Bertz CT molecular complexity index is 2610. The van der Waals surface area contributed by atoms with Gasteiger partial charge in [0, 0.05) is 50.6 Å². The molecular formula is C48H39N3. The van der Waals surface area contributed by atoms with Gasteiger partial charge in [-0.3, -0.25) is 0 Å². The molecule has 8 aromatic rings. The molecule has 51 heavy (non-hydrogen) atoms. The molecule has 2 heterocycles. The topological polar surface area (TPSA) is 20.5 Å². The van der Waals surface area contributed by atoms with E-state index in [2.05, 4.69) is 182 Å². The van der Waals surface area contributed by atoms with E-state index in [-0.39, 0.29) is 5.41 Å². The van der Waals surface area contributed by atoms with E-state index in [9.17, 15) is 0 Å². The van der Waals surface area contributed by atoms with Crippen LogP contribution in [0.4, 0.5) is 17.1 Å². The fraction of sp³-hybridized carbons (Fsp3) is 0.146. The minimum atomic E-state index is -0.0952. The summed E-state index contributed by atoms with van der Waals surface area (Å²) >= 11 is 0. The van der Waals surface area contributed by atoms with Gasteiger partial charge >= 0.3 is 0 Å². The van der Waals surface area contributed by atoms with Crippen LogP contribution in [-0.2, 0) is 5.41 Å². The molecule has 0 spiro atoms. The molecule has 2 aromatic heterocycles. The Morgan fingerprint density at radius 1 is 0.588 bits per heavy atom. The molecule has 2 aliphatic carbocycles. The predicted molar refractivity (Wildman–Crippen MR) is 213 cm³/mol. The molecule has 10 rings (SSSR count). The summed E-state index contributed by atoms with van der Waals surface area (Å²) in [5.74, 6) is 0.568. The lowest BCUT2D eigenvalue weighted by molar-refractivity contribution is 0.660. The number of nitrogens with zero attached hydrogens (tertiary/aromatic N) is 3. The van der Waals surface area contributed by atoms with E-state index in [0.717, 1.165) is 28.3 Å². The summed E-state index contributed by atoms with van der Waals surface area (Å²) in [4.78, 5) is 2.43. The fourth-order valence-corrected chi connectivity index (χ4v) is 8.49. The zero-order valence-electron chi connectivity index (χ0n) is 29.3. The van der Waals surface area contributed by atoms with E-state index >= 15 is 0 Å². The summed E-state index contributed by atoms with van der Waals surface area (Å²) in [7, 11) is 0. The highest BCUT2D eigenvalue weighted by Crippen LogP contribution is 2.51. The number of rotatable bonds is 6. The average molecular weight is 658 g/mol. The maximum atomic E-state index is 5.30. The van der Waals surface area contributed by atoms with Gasteiger partial charge in [0.25, 0.3) is 0 Å². The first-order chi connectivity index (χ1) is 25.0. The Balaban J connectivity index is 1.18. The lowest BCUT2D eigenvalue weighted by atomic mass is 9.82. The standard InChI is InChI=1S/C48H39N3/c1-31-46(35-14-8-5-9-15-35)49-51-45(34-18-19-34)28-36-22-25-38(29-42(36)47(31)51)50(37-23-20-33(21-24-37)32-12-6-4-7-13-32)39-26-27-41-40-16-10-11-17-43(40)48(2,3)44(41)30-39/h4-17,20-30,34H,18-19H2,1-3H3. The van der Waals surface area contributed by atoms with Crippen LogP contribution in [0.25, 0.3) is 49.8 Å². The summed E-state index contributed by atoms with van der Waals surface area (Å²) < 4.78 is 2.26. The first kappa shape index (κ1) is 29.9. The van der Waals surface area contributed by atoms with Crippen LogP contribution in [0.5, 0.6) is 0 Å². The molecule has 0 N–H and O–H groups in total. The molecular weight excluding hydrogens is 619 g/mol. The molecule has 3 heteroatoms. The Kier molecular flexibility index (Phi) is 6.63. The number of hydrogen-bond donors (Lipinski definition) is 0. The third kappa shape index (κ3) is 4.76. The van der Waals surface area contributed by atoms with Gasteiger partial charge < -0.3 is 4.90 Å². The van der Waals surface area contributed by atoms with Crippen molar-refractivity contribution < 1.29 is 0 Å². The van der Waals surface area contributed by atoms with Crippen molar-refractivity contribution >= 4 is 33.4 Å². The van der Waals surface area contributed by atoms with Crippen LogP contribution in [0, 0.1) is 6.92 Å². The quantitative estimate of drug-likeness (QED) is 0.177. The Morgan fingerprint density at radius 2 is 1.20 bits per heavy atom. The van der Waals surface area contributed by atoms with Gasteiger partial charge in [-0.1, -0.05) is 123 Å². The maximum absolute atomic E-state index is 5.30. The SMILES string of the molecule is Cc1c(-c2ccccc2)nn2c(C3CC3)cc3ccc(N(c4ccc(-c5ccccc5)cc4)c4ccc5c(c4)C(C)(C)c4ccccc4-5)cc3c12. The highest BCUT2D eigenvalue weighted by molar-refractivity contribution is 6.02. The van der Waals surface area contributed by atoms with E-state index in [4.69, 9.17) is 5.10 Å². The van der Waals surface area contributed by atoms with Crippen LogP contribution < -0.4 is 4.90 Å². The minimum absolute atomic E-state index is 0.0952. The van der Waals surface area contributed by atoms with Crippen molar-refractivity contribution in [1.29, 1.82) is 0 Å². The zero-order valence-corrected chi connectivity index (χ0v) is 29.3. The van der Waals surface area contributed by atoms with E-state index in [0.29, 0.717) is 5.92 Å². The minimum Gasteiger partial charge on any atom is -0.310 e. The van der Waals surface area contributed by atoms with Gasteiger partial charge in [0.05, 0.1) is 11.2 Å². The molecule has 246 valence electrons. The fourth-order valence-electron chi connectivity index (χ4n) is 8.49. The van der Waals surface area contributed by atoms with Crippen molar-refractivity contribution in [2.45, 2.75) is 44.9 Å². The van der Waals surface area contributed by atoms with Crippen molar-refractivity contribution in [2.75, 3.05) is 4.90 Å². The molecule has 2 aliphatic rings. The van der Waals surface area contributed by atoms with Crippen molar-refractivity contribution in [2.24, 2.45) is 0 Å². The number of aromatic nitrogens is 2. The summed E-state index contributed by atoms with van der Waals surface area (Å²) in [5, 5.41) is 7.79. The molecule has 0 unspecified atom stereocenters. The van der Waals surface area contributed by atoms with Crippen LogP contribution in [0.2, 0.25) is 0 Å². The molecule has 0 saturated heterocycles. The van der Waals surface area contributed by atoms with Gasteiger partial charge in [-0.25, -0.2) is 4.52 Å². The first-order valence-corrected chi connectivity index (χ1v) is 18.2. The van der Waals surface area contributed by atoms with Crippen molar-refractivity contribution in [3.8, 4) is 33.5 Å². The van der Waals surface area contributed by atoms with Gasteiger partial charge in [-0.15, -0.1) is 0 Å². The third-order valence-corrected chi connectivity index (χ3v) is 11.3. The van der Waals surface area contributed by atoms with Crippen LogP contribution >= 0.6 is 0 Å². The number of anilines is 3. The normalized spacial score (nSPS) is 14.5. The predicted octanol–water partition coefficient (Wildman–Crippen LogP) is 12.8. The third-order valence-electron chi connectivity index (χ3n) is 11.3. The average Bonchev–Trinajstić information content (AvgIpc) is 3.93. The van der Waals surface area contributed by atoms with Crippen molar-refractivity contribution in [1.82, 2.24) is 9.61 Å². The monoisotopic (exact) mass is 657 g/mol. The number of benzene rings is 6. The van der Waals surface area contributed by atoms with Gasteiger partial charge in [-0.05, 0) is 101 Å². The summed E-state index contributed by atoms with van der Waals surface area (Å²) in [6.07, 6.45) is 2.45. The van der Waals surface area contributed by atoms with Crippen LogP contribution in [0.1, 0.15) is 55.0 Å². The summed E-state index contributed by atoms with van der Waals surface area (Å²) in [6, 6.07) is 55.6. The summed E-state index contributed by atoms with van der Waals surface area (Å²) in [6.45, 7) is 6.96. The molecule has 0 radical (unpaired) electrons. The number of pyridine rings is 1. The van der Waals surface area contributed by atoms with Gasteiger partial charge in [-0.2, -0.15) is 5.10 Å². The van der Waals surface area contributed by atoms with Gasteiger partial charge in [0.1, 0.15) is 0 Å². The van der Waals surface area contributed by atoms with Crippen molar-refractivity contribution in [3.63, 3.8) is 0 Å². The Morgan fingerprint density at radius 3 is 1.94 bits per heavy atom. The van der Waals surface area contributed by atoms with Gasteiger partial charge in [0.2, 0.25) is 0 Å². The molecule has 6 aromatic carbocycles.